The number of carbonyl (C=O) groups is 2. The number of nitrogens with zero attached hydrogens (tertiary/aromatic N) is 3. The van der Waals surface area contributed by atoms with Gasteiger partial charge in [0.25, 0.3) is 5.91 Å². The second kappa shape index (κ2) is 14.1. The molecule has 1 N–H and O–H groups in total. The first kappa shape index (κ1) is 32.5. The number of nitrogens with one attached hydrogen (secondary N) is 1. The molecule has 1 aromatic carbocycles. The number of allylic oxidation sites excluding steroid dienone is 3. The topological polar surface area (TPSA) is 65.1 Å². The summed E-state index contributed by atoms with van der Waals surface area (Å²) in [4.78, 5) is 32.2. The van der Waals surface area contributed by atoms with Gasteiger partial charge in [-0.05, 0) is 48.8 Å². The Labute approximate surface area is 259 Å². The highest BCUT2D eigenvalue weighted by Crippen LogP contribution is 2.35. The molecule has 0 aromatic heterocycles. The molecule has 1 aromatic rings. The van der Waals surface area contributed by atoms with Crippen LogP contribution in [0.4, 0.5) is 18.0 Å². The van der Waals surface area contributed by atoms with Crippen molar-refractivity contribution in [3.05, 3.63) is 59.2 Å². The highest BCUT2D eigenvalue weighted by atomic mass is 19.4. The zero-order chi connectivity index (χ0) is 31.3. The van der Waals surface area contributed by atoms with Gasteiger partial charge in [-0.1, -0.05) is 57.0 Å². The molecule has 0 bridgehead atoms. The van der Waals surface area contributed by atoms with Crippen LogP contribution in [0.3, 0.4) is 0 Å². The molecule has 242 valence electrons. The highest BCUT2D eigenvalue weighted by molar-refractivity contribution is 5.94. The Morgan fingerprint density at radius 2 is 1.73 bits per heavy atom. The van der Waals surface area contributed by atoms with Gasteiger partial charge in [0, 0.05) is 70.3 Å². The largest absolute Gasteiger partial charge is 0.441 e. The molecule has 1 unspecified atom stereocenters. The van der Waals surface area contributed by atoms with E-state index in [0.717, 1.165) is 57.0 Å². The summed E-state index contributed by atoms with van der Waals surface area (Å²) in [5, 5.41) is 3.21. The number of carbonyl (C=O) groups excluding carboxylic acids is 2. The van der Waals surface area contributed by atoms with E-state index in [1.54, 1.807) is 11.0 Å². The summed E-state index contributed by atoms with van der Waals surface area (Å²) in [7, 11) is 0. The van der Waals surface area contributed by atoms with E-state index in [1.165, 1.54) is 25.0 Å². The Kier molecular flexibility index (Phi) is 10.4. The number of alkyl halides is 3. The predicted molar refractivity (Wildman–Crippen MR) is 164 cm³/mol. The molecule has 5 rings (SSSR count). The second-order valence-corrected chi connectivity index (χ2v) is 13.1. The van der Waals surface area contributed by atoms with E-state index in [-0.39, 0.29) is 24.0 Å². The third kappa shape index (κ3) is 8.24. The van der Waals surface area contributed by atoms with Gasteiger partial charge >= 0.3 is 12.3 Å². The molecule has 1 spiro atoms. The molecule has 0 radical (unpaired) electrons. The molecule has 0 saturated carbocycles. The number of hydrogen-bond acceptors (Lipinski definition) is 5. The molecule has 10 heteroatoms. The van der Waals surface area contributed by atoms with Gasteiger partial charge in [0.15, 0.2) is 0 Å². The quantitative estimate of drug-likeness (QED) is 0.341. The van der Waals surface area contributed by atoms with Gasteiger partial charge in [-0.3, -0.25) is 9.69 Å². The Balaban J connectivity index is 1.04. The lowest BCUT2D eigenvalue weighted by Crippen LogP contribution is -2.47. The molecular weight excluding hydrogens is 569 g/mol. The third-order valence-corrected chi connectivity index (χ3v) is 10.0. The SMILES string of the molecule is CCC(CC)CN1CCC(NC(=O)c2ccc(CN3CC4(CCN(CC5C=CC(C(F)(F)F)=CC5)CC4)OC3=O)cc2)CC1. The average molecular weight is 617 g/mol. The van der Waals surface area contributed by atoms with Gasteiger partial charge in [-0.15, -0.1) is 0 Å². The Hall–Kier alpha value is -2.85. The van der Waals surface area contributed by atoms with E-state index in [1.807, 2.05) is 24.3 Å². The van der Waals surface area contributed by atoms with Crippen LogP contribution in [0.2, 0.25) is 0 Å². The maximum Gasteiger partial charge on any atom is 0.416 e. The van der Waals surface area contributed by atoms with Crippen LogP contribution in [0.1, 0.15) is 74.7 Å². The molecule has 3 aliphatic heterocycles. The number of likely N-dealkylation sites (tertiary alicyclic amines) is 2. The van der Waals surface area contributed by atoms with Crippen molar-refractivity contribution in [2.24, 2.45) is 11.8 Å². The predicted octanol–water partition coefficient (Wildman–Crippen LogP) is 6.17. The van der Waals surface area contributed by atoms with Crippen molar-refractivity contribution in [1.29, 1.82) is 0 Å². The fourth-order valence-corrected chi connectivity index (χ4v) is 6.98. The van der Waals surface area contributed by atoms with E-state index >= 15 is 0 Å². The van der Waals surface area contributed by atoms with Gasteiger partial charge in [-0.25, -0.2) is 4.79 Å². The first-order valence-corrected chi connectivity index (χ1v) is 16.3. The number of amides is 2. The van der Waals surface area contributed by atoms with Crippen molar-refractivity contribution >= 4 is 12.0 Å². The van der Waals surface area contributed by atoms with Crippen molar-refractivity contribution in [2.75, 3.05) is 45.8 Å². The van der Waals surface area contributed by atoms with Crippen LogP contribution >= 0.6 is 0 Å². The lowest BCUT2D eigenvalue weighted by atomic mass is 9.89. The first-order chi connectivity index (χ1) is 21.1. The van der Waals surface area contributed by atoms with Crippen LogP contribution in [0, 0.1) is 11.8 Å². The van der Waals surface area contributed by atoms with Gasteiger partial charge in [0.1, 0.15) is 5.60 Å². The molecule has 4 aliphatic rings. The monoisotopic (exact) mass is 616 g/mol. The van der Waals surface area contributed by atoms with Gasteiger partial charge in [0.2, 0.25) is 0 Å². The maximum absolute atomic E-state index is 12.9. The summed E-state index contributed by atoms with van der Waals surface area (Å²) in [5.74, 6) is 0.748. The fraction of sp³-hybridized carbons (Fsp3) is 0.647. The van der Waals surface area contributed by atoms with Crippen LogP contribution in [0.15, 0.2) is 48.1 Å². The van der Waals surface area contributed by atoms with Crippen LogP contribution in [0.5, 0.6) is 0 Å². The number of ether oxygens (including phenoxy) is 1. The van der Waals surface area contributed by atoms with Crippen LogP contribution in [0.25, 0.3) is 0 Å². The minimum atomic E-state index is -4.29. The standard InChI is InChI=1S/C34H47F3N4O3/c1-3-25(4-2)21-39-17-13-30(14-18-39)38-31(42)28-9-5-27(6-10-28)23-41-24-33(44-32(41)43)15-19-40(20-16-33)22-26-7-11-29(12-8-26)34(35,36)37/h5-7,9-12,25-26,30H,3-4,8,13-24H2,1-2H3,(H,38,42). The molecule has 44 heavy (non-hydrogen) atoms. The highest BCUT2D eigenvalue weighted by Gasteiger charge is 2.47. The minimum absolute atomic E-state index is 0.0539. The van der Waals surface area contributed by atoms with Crippen molar-refractivity contribution in [3.8, 4) is 0 Å². The first-order valence-electron chi connectivity index (χ1n) is 16.3. The lowest BCUT2D eigenvalue weighted by Gasteiger charge is -2.38. The molecule has 3 heterocycles. The van der Waals surface area contributed by atoms with Crippen molar-refractivity contribution in [1.82, 2.24) is 20.0 Å². The Morgan fingerprint density at radius 1 is 1.05 bits per heavy atom. The fourth-order valence-electron chi connectivity index (χ4n) is 6.98. The number of halogens is 3. The van der Waals surface area contributed by atoms with Crippen LogP contribution < -0.4 is 5.32 Å². The van der Waals surface area contributed by atoms with Gasteiger partial charge in [-0.2, -0.15) is 13.2 Å². The van der Waals surface area contributed by atoms with Gasteiger partial charge in [0.05, 0.1) is 12.1 Å². The summed E-state index contributed by atoms with van der Waals surface area (Å²) >= 11 is 0. The van der Waals surface area contributed by atoms with E-state index in [4.69, 9.17) is 4.74 Å². The molecule has 1 atom stereocenters. The normalized spacial score (nSPS) is 23.3. The number of piperidine rings is 2. The third-order valence-electron chi connectivity index (χ3n) is 10.0. The summed E-state index contributed by atoms with van der Waals surface area (Å²) in [6, 6.07) is 7.67. The van der Waals surface area contributed by atoms with Crippen molar-refractivity contribution in [2.45, 2.75) is 83.2 Å². The average Bonchev–Trinajstić information content (AvgIpc) is 3.31. The van der Waals surface area contributed by atoms with Crippen LogP contribution in [-0.4, -0.2) is 90.3 Å². The van der Waals surface area contributed by atoms with E-state index in [0.29, 0.717) is 44.5 Å². The molecule has 1 aliphatic carbocycles. The molecule has 2 amide bonds. The summed E-state index contributed by atoms with van der Waals surface area (Å²) in [6.07, 6.45) is 5.66. The summed E-state index contributed by atoms with van der Waals surface area (Å²) in [6.45, 7) is 10.8. The van der Waals surface area contributed by atoms with Crippen molar-refractivity contribution in [3.63, 3.8) is 0 Å². The maximum atomic E-state index is 12.9. The second-order valence-electron chi connectivity index (χ2n) is 13.1. The molecule has 3 saturated heterocycles. The molecular formula is C34H47F3N4O3. The van der Waals surface area contributed by atoms with Gasteiger partial charge < -0.3 is 19.9 Å². The number of rotatable bonds is 10. The minimum Gasteiger partial charge on any atom is -0.441 e. The lowest BCUT2D eigenvalue weighted by molar-refractivity contribution is -0.0888. The van der Waals surface area contributed by atoms with E-state index < -0.39 is 17.4 Å². The summed E-state index contributed by atoms with van der Waals surface area (Å²) in [5.41, 5.74) is 0.473. The Morgan fingerprint density at radius 3 is 2.32 bits per heavy atom. The number of benzene rings is 1. The van der Waals surface area contributed by atoms with E-state index in [2.05, 4.69) is 29.0 Å². The summed E-state index contributed by atoms with van der Waals surface area (Å²) < 4.78 is 44.6. The van der Waals surface area contributed by atoms with Crippen LogP contribution in [-0.2, 0) is 11.3 Å². The number of hydrogen-bond donors (Lipinski definition) is 1. The zero-order valence-corrected chi connectivity index (χ0v) is 26.1. The molecule has 3 fully saturated rings. The molecule has 7 nitrogen and oxygen atoms in total. The Bertz CT molecular complexity index is 1200. The zero-order valence-electron chi connectivity index (χ0n) is 26.1. The van der Waals surface area contributed by atoms with E-state index in [9.17, 15) is 22.8 Å². The van der Waals surface area contributed by atoms with Crippen molar-refractivity contribution < 1.29 is 27.5 Å². The smallest absolute Gasteiger partial charge is 0.416 e.